The van der Waals surface area contributed by atoms with Crippen LogP contribution in [0.3, 0.4) is 0 Å². The summed E-state index contributed by atoms with van der Waals surface area (Å²) in [6, 6.07) is 18.1. The number of hydrogen-bond acceptors (Lipinski definition) is 9. The molecular formula is C42H50N12O4. The zero-order chi connectivity index (χ0) is 40.6. The summed E-state index contributed by atoms with van der Waals surface area (Å²) in [6.07, 6.45) is 10.6. The van der Waals surface area contributed by atoms with Crippen LogP contribution in [0.1, 0.15) is 111 Å². The number of pyridine rings is 1. The third-order valence-corrected chi connectivity index (χ3v) is 11.4. The maximum atomic E-state index is 13.1. The molecular weight excluding hydrogens is 737 g/mol. The van der Waals surface area contributed by atoms with E-state index in [4.69, 9.17) is 5.53 Å². The highest BCUT2D eigenvalue weighted by Gasteiger charge is 2.36. The third kappa shape index (κ3) is 8.97. The van der Waals surface area contributed by atoms with Crippen molar-refractivity contribution in [2.24, 2.45) is 12.2 Å². The number of unbranched alkanes of at least 4 members (excludes halogenated alkanes) is 6. The number of aromatic nitrogens is 5. The second-order valence-corrected chi connectivity index (χ2v) is 15.7. The van der Waals surface area contributed by atoms with Gasteiger partial charge in [-0.25, -0.2) is 9.50 Å². The molecule has 5 heterocycles. The number of benzene rings is 2. The maximum absolute atomic E-state index is 13.1. The number of nitrogens with one attached hydrogen (secondary N) is 3. The number of carbonyl (C=O) groups excluding carboxylic acids is 4. The lowest BCUT2D eigenvalue weighted by Crippen LogP contribution is -2.39. The number of amides is 4. The molecule has 16 heteroatoms. The summed E-state index contributed by atoms with van der Waals surface area (Å²) in [5.74, 6) is -1.45. The number of azide groups is 1. The average molecular weight is 787 g/mol. The minimum Gasteiger partial charge on any atom is -0.369 e. The van der Waals surface area contributed by atoms with Crippen molar-refractivity contribution in [1.29, 1.82) is 0 Å². The van der Waals surface area contributed by atoms with Gasteiger partial charge >= 0.3 is 0 Å². The molecule has 302 valence electrons. The number of rotatable bonds is 17. The van der Waals surface area contributed by atoms with Crippen LogP contribution in [0.15, 0.2) is 65.9 Å². The van der Waals surface area contributed by atoms with Crippen LogP contribution in [-0.4, -0.2) is 67.6 Å². The Morgan fingerprint density at radius 2 is 1.79 bits per heavy atom. The Kier molecular flexibility index (Phi) is 12.3. The first-order valence-electron chi connectivity index (χ1n) is 20.2. The summed E-state index contributed by atoms with van der Waals surface area (Å²) in [4.78, 5) is 59.9. The van der Waals surface area contributed by atoms with Gasteiger partial charge in [0.05, 0.1) is 41.2 Å². The van der Waals surface area contributed by atoms with E-state index in [2.05, 4.69) is 77.2 Å². The first-order chi connectivity index (χ1) is 28.1. The van der Waals surface area contributed by atoms with Crippen LogP contribution in [0.25, 0.3) is 27.0 Å². The number of nitrogens with zero attached hydrogens (tertiary/aromatic N) is 9. The molecule has 58 heavy (non-hydrogen) atoms. The molecule has 2 aromatic carbocycles. The second-order valence-electron chi connectivity index (χ2n) is 15.7. The molecule has 0 bridgehead atoms. The smallest absolute Gasteiger partial charge is 0.290 e. The van der Waals surface area contributed by atoms with Crippen molar-refractivity contribution in [2.45, 2.75) is 95.4 Å². The van der Waals surface area contributed by atoms with Gasteiger partial charge in [-0.15, -0.1) is 5.10 Å². The Bertz CT molecular complexity index is 2370. The molecule has 1 unspecified atom stereocenters. The van der Waals surface area contributed by atoms with E-state index >= 15 is 0 Å². The van der Waals surface area contributed by atoms with E-state index in [0.717, 1.165) is 81.0 Å². The Labute approximate surface area is 336 Å². The van der Waals surface area contributed by atoms with Gasteiger partial charge in [-0.05, 0) is 48.9 Å². The summed E-state index contributed by atoms with van der Waals surface area (Å²) in [7, 11) is 1.79. The Hall–Kier alpha value is -6.28. The van der Waals surface area contributed by atoms with Crippen molar-refractivity contribution in [3.63, 3.8) is 0 Å². The van der Waals surface area contributed by atoms with Crippen molar-refractivity contribution in [2.75, 3.05) is 29.9 Å². The number of carbonyl (C=O) groups is 4. The zero-order valence-corrected chi connectivity index (χ0v) is 33.1. The van der Waals surface area contributed by atoms with E-state index in [9.17, 15) is 19.2 Å². The van der Waals surface area contributed by atoms with Gasteiger partial charge in [0.2, 0.25) is 23.5 Å². The molecule has 2 atom stereocenters. The SMILES string of the molecule is Cn1nc(C2CCC(=O)NC2=O)c2cccc(NC(=O)CCCCCCCCCNC(=O)c3nc4c(CN=[N+]=[N-])cc(N5CC[C@](C)(c6ccccc6)C5)cn4n3)c21. The fourth-order valence-electron chi connectivity index (χ4n) is 8.25. The Morgan fingerprint density at radius 1 is 1.02 bits per heavy atom. The Balaban J connectivity index is 0.821. The summed E-state index contributed by atoms with van der Waals surface area (Å²) < 4.78 is 3.30. The summed E-state index contributed by atoms with van der Waals surface area (Å²) in [5, 5.41) is 22.1. The van der Waals surface area contributed by atoms with Gasteiger partial charge in [-0.3, -0.25) is 29.2 Å². The minimum absolute atomic E-state index is 0.00127. The molecule has 5 aromatic rings. The topological polar surface area (TPSA) is 204 Å². The van der Waals surface area contributed by atoms with Gasteiger partial charge in [0.1, 0.15) is 0 Å². The molecule has 2 aliphatic rings. The van der Waals surface area contributed by atoms with Gasteiger partial charge in [-0.2, -0.15) is 5.10 Å². The second kappa shape index (κ2) is 17.9. The first kappa shape index (κ1) is 39.9. The lowest BCUT2D eigenvalue weighted by Gasteiger charge is -2.26. The van der Waals surface area contributed by atoms with Crippen LogP contribution in [0.2, 0.25) is 0 Å². The number of piperidine rings is 1. The molecule has 0 spiro atoms. The highest BCUT2D eigenvalue weighted by atomic mass is 16.2. The van der Waals surface area contributed by atoms with Crippen LogP contribution in [0.4, 0.5) is 11.4 Å². The minimum atomic E-state index is -0.508. The van der Waals surface area contributed by atoms with Crippen LogP contribution in [0.5, 0.6) is 0 Å². The van der Waals surface area contributed by atoms with Crippen molar-refractivity contribution in [3.8, 4) is 0 Å². The zero-order valence-electron chi connectivity index (χ0n) is 33.1. The molecule has 3 aromatic heterocycles. The molecule has 7 rings (SSSR count). The van der Waals surface area contributed by atoms with E-state index in [0.29, 0.717) is 42.0 Å². The molecule has 2 fully saturated rings. The quantitative estimate of drug-likeness (QED) is 0.0307. The lowest BCUT2D eigenvalue weighted by molar-refractivity contribution is -0.134. The van der Waals surface area contributed by atoms with Gasteiger partial charge in [0.15, 0.2) is 5.65 Å². The van der Waals surface area contributed by atoms with Gasteiger partial charge in [0.25, 0.3) is 5.91 Å². The highest BCUT2D eigenvalue weighted by Crippen LogP contribution is 2.37. The molecule has 0 aliphatic carbocycles. The third-order valence-electron chi connectivity index (χ3n) is 11.4. The molecule has 0 saturated carbocycles. The normalized spacial score (nSPS) is 18.0. The summed E-state index contributed by atoms with van der Waals surface area (Å²) >= 11 is 0. The molecule has 2 saturated heterocycles. The Morgan fingerprint density at radius 3 is 2.57 bits per heavy atom. The highest BCUT2D eigenvalue weighted by molar-refractivity contribution is 6.05. The van der Waals surface area contributed by atoms with Crippen molar-refractivity contribution < 1.29 is 19.2 Å². The van der Waals surface area contributed by atoms with Crippen LogP contribution >= 0.6 is 0 Å². The van der Waals surface area contributed by atoms with Gasteiger partial charge < -0.3 is 15.5 Å². The molecule has 3 N–H and O–H groups in total. The van der Waals surface area contributed by atoms with Crippen molar-refractivity contribution >= 4 is 51.6 Å². The number of imide groups is 1. The maximum Gasteiger partial charge on any atom is 0.290 e. The van der Waals surface area contributed by atoms with Crippen LogP contribution < -0.4 is 20.9 Å². The van der Waals surface area contributed by atoms with E-state index in [-0.39, 0.29) is 47.8 Å². The van der Waals surface area contributed by atoms with Crippen LogP contribution in [-0.2, 0) is 33.4 Å². The summed E-state index contributed by atoms with van der Waals surface area (Å²) in [6.45, 7) is 4.58. The molecule has 0 radical (unpaired) electrons. The summed E-state index contributed by atoms with van der Waals surface area (Å²) in [5.41, 5.74) is 14.5. The largest absolute Gasteiger partial charge is 0.369 e. The first-order valence-corrected chi connectivity index (χ1v) is 20.2. The predicted octanol–water partition coefficient (Wildman–Crippen LogP) is 6.60. The predicted molar refractivity (Wildman–Crippen MR) is 220 cm³/mol. The number of hydrogen-bond donors (Lipinski definition) is 3. The molecule has 16 nitrogen and oxygen atoms in total. The number of para-hydroxylation sites is 1. The van der Waals surface area contributed by atoms with E-state index in [1.165, 1.54) is 5.56 Å². The lowest BCUT2D eigenvalue weighted by atomic mass is 9.82. The van der Waals surface area contributed by atoms with E-state index in [1.807, 2.05) is 36.5 Å². The van der Waals surface area contributed by atoms with Gasteiger partial charge in [0, 0.05) is 60.8 Å². The monoisotopic (exact) mass is 786 g/mol. The molecule has 4 amide bonds. The fourth-order valence-corrected chi connectivity index (χ4v) is 8.25. The number of anilines is 2. The van der Waals surface area contributed by atoms with Crippen LogP contribution in [0, 0.1) is 0 Å². The van der Waals surface area contributed by atoms with E-state index in [1.54, 1.807) is 16.2 Å². The van der Waals surface area contributed by atoms with Crippen molar-refractivity contribution in [3.05, 3.63) is 93.9 Å². The average Bonchev–Trinajstić information content (AvgIpc) is 3.94. The van der Waals surface area contributed by atoms with Gasteiger partial charge in [-0.1, -0.05) is 86.6 Å². The number of aryl methyl sites for hydroxylation is 1. The fraction of sp³-hybridized carbons (Fsp3) is 0.452. The standard InChI is InChI=1S/C42H50N12O4/c1-42(29-14-9-8-10-15-29)21-23-53(27-42)30-24-28(25-45-51-43)39-48-38(50-54(39)26-30)41(58)44-22-12-7-5-3-4-6-11-18-34(55)46-33-17-13-16-31-36(49-52(2)37(31)33)32-19-20-35(56)47-40(32)57/h8-10,13-17,24,26,32H,3-7,11-12,18-23,25,27H2,1-2H3,(H,44,58)(H,46,55)(H,47,56,57)/t32?,42-/m0/s1. The molecule has 2 aliphatic heterocycles. The number of fused-ring (bicyclic) bond motifs is 2. The van der Waals surface area contributed by atoms with E-state index < -0.39 is 5.92 Å². The van der Waals surface area contributed by atoms with Crippen molar-refractivity contribution in [1.82, 2.24) is 35.0 Å².